The van der Waals surface area contributed by atoms with Crippen LogP contribution in [0.25, 0.3) is 0 Å². The van der Waals surface area contributed by atoms with Crippen molar-refractivity contribution in [1.29, 1.82) is 0 Å². The lowest BCUT2D eigenvalue weighted by Gasteiger charge is -2.33. The van der Waals surface area contributed by atoms with Crippen molar-refractivity contribution >= 4 is 29.1 Å². The Kier molecular flexibility index (Phi) is 5.74. The number of hydrogen-bond acceptors (Lipinski definition) is 3. The SMILES string of the molecule is O=C(Nc1ccccc1Cl)C1CCC(C(=O)N2CCOCC2)CC1. The third kappa shape index (κ3) is 4.08. The summed E-state index contributed by atoms with van der Waals surface area (Å²) in [6.45, 7) is 2.63. The topological polar surface area (TPSA) is 58.6 Å². The fourth-order valence-electron chi connectivity index (χ4n) is 3.44. The summed E-state index contributed by atoms with van der Waals surface area (Å²) in [7, 11) is 0. The molecular formula is C18H23ClN2O3. The molecule has 3 rings (SSSR count). The monoisotopic (exact) mass is 350 g/mol. The zero-order valence-corrected chi connectivity index (χ0v) is 14.4. The molecule has 0 unspecified atom stereocenters. The first kappa shape index (κ1) is 17.2. The summed E-state index contributed by atoms with van der Waals surface area (Å²) in [5.74, 6) is 0.228. The van der Waals surface area contributed by atoms with Crippen LogP contribution in [0.1, 0.15) is 25.7 Å². The number of para-hydroxylation sites is 1. The molecule has 1 aliphatic heterocycles. The largest absolute Gasteiger partial charge is 0.378 e. The molecule has 1 N–H and O–H groups in total. The molecule has 0 aromatic heterocycles. The van der Waals surface area contributed by atoms with Gasteiger partial charge in [0, 0.05) is 24.9 Å². The van der Waals surface area contributed by atoms with Crippen LogP contribution >= 0.6 is 11.6 Å². The van der Waals surface area contributed by atoms with Crippen molar-refractivity contribution in [2.75, 3.05) is 31.6 Å². The number of benzene rings is 1. The highest BCUT2D eigenvalue weighted by Gasteiger charge is 2.32. The van der Waals surface area contributed by atoms with E-state index >= 15 is 0 Å². The Bertz CT molecular complexity index is 594. The van der Waals surface area contributed by atoms with E-state index < -0.39 is 0 Å². The fourth-order valence-corrected chi connectivity index (χ4v) is 3.62. The predicted octanol–water partition coefficient (Wildman–Crippen LogP) is 2.94. The van der Waals surface area contributed by atoms with Crippen molar-refractivity contribution in [2.24, 2.45) is 11.8 Å². The quantitative estimate of drug-likeness (QED) is 0.911. The summed E-state index contributed by atoms with van der Waals surface area (Å²) in [6, 6.07) is 7.24. The van der Waals surface area contributed by atoms with E-state index in [4.69, 9.17) is 16.3 Å². The average Bonchev–Trinajstić information content (AvgIpc) is 2.64. The van der Waals surface area contributed by atoms with Crippen molar-refractivity contribution < 1.29 is 14.3 Å². The molecule has 6 heteroatoms. The molecule has 2 amide bonds. The number of morpholine rings is 1. The van der Waals surface area contributed by atoms with Crippen LogP contribution in [-0.2, 0) is 14.3 Å². The predicted molar refractivity (Wildman–Crippen MR) is 92.9 cm³/mol. The van der Waals surface area contributed by atoms with Crippen molar-refractivity contribution in [1.82, 2.24) is 4.90 Å². The second-order valence-electron chi connectivity index (χ2n) is 6.46. The number of carbonyl (C=O) groups excluding carboxylic acids is 2. The van der Waals surface area contributed by atoms with E-state index in [2.05, 4.69) is 5.32 Å². The Morgan fingerprint density at radius 1 is 1.04 bits per heavy atom. The van der Waals surface area contributed by atoms with Crippen molar-refractivity contribution in [3.05, 3.63) is 29.3 Å². The van der Waals surface area contributed by atoms with Gasteiger partial charge in [0.15, 0.2) is 0 Å². The first-order valence-corrected chi connectivity index (χ1v) is 8.95. The van der Waals surface area contributed by atoms with E-state index in [9.17, 15) is 9.59 Å². The van der Waals surface area contributed by atoms with Gasteiger partial charge in [-0.15, -0.1) is 0 Å². The molecule has 2 fully saturated rings. The highest BCUT2D eigenvalue weighted by molar-refractivity contribution is 6.33. The number of anilines is 1. The van der Waals surface area contributed by atoms with Gasteiger partial charge in [-0.05, 0) is 37.8 Å². The Balaban J connectivity index is 1.50. The summed E-state index contributed by atoms with van der Waals surface area (Å²) in [6.07, 6.45) is 3.04. The van der Waals surface area contributed by atoms with Gasteiger partial charge in [0.25, 0.3) is 0 Å². The maximum atomic E-state index is 12.5. The van der Waals surface area contributed by atoms with Crippen LogP contribution < -0.4 is 5.32 Å². The molecule has 1 aromatic carbocycles. The molecule has 1 aliphatic carbocycles. The number of hydrogen-bond donors (Lipinski definition) is 1. The van der Waals surface area contributed by atoms with Gasteiger partial charge in [0.2, 0.25) is 11.8 Å². The van der Waals surface area contributed by atoms with E-state index in [1.165, 1.54) is 0 Å². The summed E-state index contributed by atoms with van der Waals surface area (Å²) >= 11 is 6.08. The molecule has 1 saturated heterocycles. The molecular weight excluding hydrogens is 328 g/mol. The van der Waals surface area contributed by atoms with E-state index in [1.807, 2.05) is 17.0 Å². The normalized spacial score (nSPS) is 24.5. The zero-order valence-electron chi connectivity index (χ0n) is 13.7. The lowest BCUT2D eigenvalue weighted by Crippen LogP contribution is -2.44. The van der Waals surface area contributed by atoms with Gasteiger partial charge >= 0.3 is 0 Å². The second kappa shape index (κ2) is 7.99. The smallest absolute Gasteiger partial charge is 0.227 e. The standard InChI is InChI=1S/C18H23ClN2O3/c19-15-3-1-2-4-16(15)20-17(22)13-5-7-14(8-6-13)18(23)21-9-11-24-12-10-21/h1-4,13-14H,5-12H2,(H,20,22). The molecule has 1 saturated carbocycles. The van der Waals surface area contributed by atoms with Gasteiger partial charge in [0.05, 0.1) is 23.9 Å². The Hall–Kier alpha value is -1.59. The maximum Gasteiger partial charge on any atom is 0.227 e. The van der Waals surface area contributed by atoms with E-state index in [1.54, 1.807) is 12.1 Å². The van der Waals surface area contributed by atoms with Crippen LogP contribution in [0.3, 0.4) is 0 Å². The van der Waals surface area contributed by atoms with E-state index in [0.717, 1.165) is 25.7 Å². The van der Waals surface area contributed by atoms with Gasteiger partial charge in [0.1, 0.15) is 0 Å². The molecule has 130 valence electrons. The van der Waals surface area contributed by atoms with Gasteiger partial charge in [-0.3, -0.25) is 9.59 Å². The van der Waals surface area contributed by atoms with Crippen LogP contribution in [0.4, 0.5) is 5.69 Å². The van der Waals surface area contributed by atoms with Crippen LogP contribution in [0.15, 0.2) is 24.3 Å². The summed E-state index contributed by atoms with van der Waals surface area (Å²) in [4.78, 5) is 26.8. The maximum absolute atomic E-state index is 12.5. The first-order chi connectivity index (χ1) is 11.6. The first-order valence-electron chi connectivity index (χ1n) is 8.57. The lowest BCUT2D eigenvalue weighted by atomic mass is 9.81. The average molecular weight is 351 g/mol. The van der Waals surface area contributed by atoms with E-state index in [-0.39, 0.29) is 23.7 Å². The minimum atomic E-state index is -0.0463. The van der Waals surface area contributed by atoms with Crippen LogP contribution in [-0.4, -0.2) is 43.0 Å². The highest BCUT2D eigenvalue weighted by atomic mass is 35.5. The van der Waals surface area contributed by atoms with Crippen LogP contribution in [0, 0.1) is 11.8 Å². The number of nitrogens with zero attached hydrogens (tertiary/aromatic N) is 1. The number of ether oxygens (including phenoxy) is 1. The zero-order chi connectivity index (χ0) is 16.9. The molecule has 0 atom stereocenters. The number of halogens is 1. The molecule has 0 bridgehead atoms. The second-order valence-corrected chi connectivity index (χ2v) is 6.86. The van der Waals surface area contributed by atoms with Gasteiger partial charge < -0.3 is 15.0 Å². The number of carbonyl (C=O) groups is 2. The van der Waals surface area contributed by atoms with Crippen molar-refractivity contribution in [3.63, 3.8) is 0 Å². The fraction of sp³-hybridized carbons (Fsp3) is 0.556. The third-order valence-corrected chi connectivity index (χ3v) is 5.23. The van der Waals surface area contributed by atoms with Gasteiger partial charge in [-0.2, -0.15) is 0 Å². The number of amides is 2. The summed E-state index contributed by atoms with van der Waals surface area (Å²) < 4.78 is 5.29. The van der Waals surface area contributed by atoms with E-state index in [0.29, 0.717) is 37.0 Å². The molecule has 1 aromatic rings. The number of nitrogens with one attached hydrogen (secondary N) is 1. The minimum absolute atomic E-state index is 0.000344. The highest BCUT2D eigenvalue weighted by Crippen LogP contribution is 2.32. The molecule has 0 spiro atoms. The Morgan fingerprint density at radius 3 is 2.33 bits per heavy atom. The molecule has 1 heterocycles. The third-order valence-electron chi connectivity index (χ3n) is 4.90. The molecule has 24 heavy (non-hydrogen) atoms. The molecule has 2 aliphatic rings. The lowest BCUT2D eigenvalue weighted by molar-refractivity contribution is -0.141. The van der Waals surface area contributed by atoms with Crippen LogP contribution in [0.2, 0.25) is 5.02 Å². The van der Waals surface area contributed by atoms with Crippen LogP contribution in [0.5, 0.6) is 0 Å². The Morgan fingerprint density at radius 2 is 1.67 bits per heavy atom. The Labute approximate surface area is 147 Å². The van der Waals surface area contributed by atoms with Gasteiger partial charge in [-0.25, -0.2) is 0 Å². The van der Waals surface area contributed by atoms with Crippen molar-refractivity contribution in [3.8, 4) is 0 Å². The summed E-state index contributed by atoms with van der Waals surface area (Å²) in [5.41, 5.74) is 0.649. The van der Waals surface area contributed by atoms with Gasteiger partial charge in [-0.1, -0.05) is 23.7 Å². The molecule has 5 nitrogen and oxygen atoms in total. The summed E-state index contributed by atoms with van der Waals surface area (Å²) in [5, 5.41) is 3.45. The minimum Gasteiger partial charge on any atom is -0.378 e. The molecule has 0 radical (unpaired) electrons. The number of rotatable bonds is 3. The van der Waals surface area contributed by atoms with Crippen molar-refractivity contribution in [2.45, 2.75) is 25.7 Å².